The Morgan fingerprint density at radius 3 is 2.92 bits per heavy atom. The van der Waals surface area contributed by atoms with Crippen LogP contribution >= 0.6 is 11.8 Å². The number of carboxylic acids is 1. The number of nitrogens with zero attached hydrogens (tertiary/aromatic N) is 6. The molecule has 0 saturated carbocycles. The Kier molecular flexibility index (Phi) is 5.11. The molecule has 13 nitrogen and oxygen atoms in total. The van der Waals surface area contributed by atoms with Gasteiger partial charge in [0, 0.05) is 0 Å². The highest BCUT2D eigenvalue weighted by molar-refractivity contribution is 7.99. The number of hydrogen-bond donors (Lipinski definition) is 5. The fraction of sp³-hybridized carbons (Fsp3) is 0.500. The molecule has 26 heavy (non-hydrogen) atoms. The smallest absolute Gasteiger partial charge is 0.313 e. The molecule has 2 aromatic heterocycles. The number of hydrogen-bond acceptors (Lipinski definition) is 11. The Balaban J connectivity index is 2.04. The van der Waals surface area contributed by atoms with Gasteiger partial charge in [0.05, 0.1) is 5.75 Å². The number of imidazole rings is 1. The number of ether oxygens (including phenoxy) is 1. The lowest BCUT2D eigenvalue weighted by molar-refractivity contribution is -0.133. The van der Waals surface area contributed by atoms with Crippen LogP contribution in [0.4, 0.5) is 5.82 Å². The molecular formula is C12H15N8O5S+. The number of anilines is 1. The number of rotatable bonds is 6. The van der Waals surface area contributed by atoms with Crippen LogP contribution in [-0.2, 0) is 9.53 Å². The van der Waals surface area contributed by atoms with Crippen LogP contribution in [0.15, 0.2) is 16.6 Å². The van der Waals surface area contributed by atoms with Gasteiger partial charge >= 0.3 is 5.97 Å². The van der Waals surface area contributed by atoms with Crippen molar-refractivity contribution in [2.75, 3.05) is 18.0 Å². The molecule has 0 unspecified atom stereocenters. The fourth-order valence-corrected chi connectivity index (χ4v) is 3.32. The summed E-state index contributed by atoms with van der Waals surface area (Å²) in [6.07, 6.45) is -3.46. The quantitative estimate of drug-likeness (QED) is 0.227. The lowest BCUT2D eigenvalue weighted by Gasteiger charge is -2.18. The van der Waals surface area contributed by atoms with Crippen molar-refractivity contribution in [3.8, 4) is 0 Å². The van der Waals surface area contributed by atoms with Crippen LogP contribution in [0.2, 0.25) is 0 Å². The standard InChI is InChI=1S/C12H14N8O5S/c13-9-6-10(16-3-15-9)20(12(18-6)26-2-5(21)22)11-8(24)7(23)4(25-11)1-17-19-14/h3-4,7-8,11,14,23-24H,1-2H2,(H2-,13,15,16,21,22)/p+1/t4-,7-,8-,11-/m1/s1. The average Bonchev–Trinajstić information content (AvgIpc) is 3.11. The molecule has 2 aromatic rings. The van der Waals surface area contributed by atoms with Crippen molar-refractivity contribution < 1.29 is 24.9 Å². The number of carbonyl (C=O) groups is 1. The van der Waals surface area contributed by atoms with E-state index >= 15 is 0 Å². The molecule has 1 fully saturated rings. The third kappa shape index (κ3) is 3.23. The van der Waals surface area contributed by atoms with E-state index in [2.05, 4.69) is 25.0 Å². The maximum atomic E-state index is 10.9. The van der Waals surface area contributed by atoms with Gasteiger partial charge in [0.25, 0.3) is 0 Å². The molecule has 0 amide bonds. The van der Waals surface area contributed by atoms with Gasteiger partial charge in [-0.3, -0.25) is 9.36 Å². The van der Waals surface area contributed by atoms with Gasteiger partial charge in [-0.05, 0) is 0 Å². The molecule has 0 aliphatic carbocycles. The Hall–Kier alpha value is -2.64. The van der Waals surface area contributed by atoms with Gasteiger partial charge in [-0.1, -0.05) is 11.8 Å². The summed E-state index contributed by atoms with van der Waals surface area (Å²) >= 11 is 0.883. The normalized spacial score (nSPS) is 25.3. The van der Waals surface area contributed by atoms with Crippen LogP contribution in [0.1, 0.15) is 6.23 Å². The Morgan fingerprint density at radius 1 is 1.46 bits per heavy atom. The fourth-order valence-electron chi connectivity index (χ4n) is 2.58. The molecule has 4 atom stereocenters. The van der Waals surface area contributed by atoms with E-state index in [9.17, 15) is 15.0 Å². The highest BCUT2D eigenvalue weighted by Gasteiger charge is 2.46. The van der Waals surface area contributed by atoms with E-state index in [4.69, 9.17) is 21.1 Å². The molecule has 0 aromatic carbocycles. The topological polar surface area (TPSA) is 207 Å². The minimum atomic E-state index is -1.36. The van der Waals surface area contributed by atoms with E-state index in [1.807, 2.05) is 0 Å². The van der Waals surface area contributed by atoms with Crippen LogP contribution in [0.5, 0.6) is 0 Å². The van der Waals surface area contributed by atoms with Gasteiger partial charge in [-0.2, -0.15) is 0 Å². The number of aliphatic hydroxyl groups is 2. The third-order valence-corrected chi connectivity index (χ3v) is 4.66. The van der Waals surface area contributed by atoms with E-state index in [-0.39, 0.29) is 34.4 Å². The predicted molar refractivity (Wildman–Crippen MR) is 86.2 cm³/mol. The summed E-state index contributed by atoms with van der Waals surface area (Å²) in [5.41, 5.74) is 12.9. The van der Waals surface area contributed by atoms with Gasteiger partial charge in [0.1, 0.15) is 35.3 Å². The number of aliphatic hydroxyl groups excluding tert-OH is 2. The highest BCUT2D eigenvalue weighted by Crippen LogP contribution is 2.36. The first-order valence-corrected chi connectivity index (χ1v) is 8.30. The van der Waals surface area contributed by atoms with Gasteiger partial charge in [-0.15, -0.1) is 0 Å². The van der Waals surface area contributed by atoms with Gasteiger partial charge in [0.2, 0.25) is 4.91 Å². The number of nitrogen functional groups attached to an aromatic ring is 1. The first kappa shape index (κ1) is 18.2. The zero-order chi connectivity index (χ0) is 18.8. The summed E-state index contributed by atoms with van der Waals surface area (Å²) in [5, 5.41) is 33.1. The summed E-state index contributed by atoms with van der Waals surface area (Å²) in [6, 6.07) is 0. The SMILES string of the molecule is N=[N+]=NC[C@H]1O[C@@H](n2c(SCC(=O)O)nc3c(N)ncnc32)[C@H](O)[C@@H]1O. The second-order valence-corrected chi connectivity index (χ2v) is 6.29. The van der Waals surface area contributed by atoms with Crippen molar-refractivity contribution in [2.24, 2.45) is 5.11 Å². The lowest BCUT2D eigenvalue weighted by atomic mass is 10.1. The molecule has 3 rings (SSSR count). The molecule has 1 aliphatic rings. The van der Waals surface area contributed by atoms with Gasteiger partial charge < -0.3 is 25.8 Å². The Labute approximate surface area is 149 Å². The van der Waals surface area contributed by atoms with Crippen LogP contribution in [0, 0.1) is 5.53 Å². The Bertz CT molecular complexity index is 884. The van der Waals surface area contributed by atoms with E-state index < -0.39 is 30.5 Å². The highest BCUT2D eigenvalue weighted by atomic mass is 32.2. The second kappa shape index (κ2) is 7.31. The first-order chi connectivity index (χ1) is 12.4. The first-order valence-electron chi connectivity index (χ1n) is 7.31. The van der Waals surface area contributed by atoms with Crippen molar-refractivity contribution in [3.63, 3.8) is 0 Å². The van der Waals surface area contributed by atoms with Crippen molar-refractivity contribution in [1.82, 2.24) is 24.4 Å². The number of thioether (sulfide) groups is 1. The summed E-state index contributed by atoms with van der Waals surface area (Å²) in [5.74, 6) is -1.27. The third-order valence-electron chi connectivity index (χ3n) is 3.72. The largest absolute Gasteiger partial charge is 0.481 e. The molecule has 138 valence electrons. The number of fused-ring (bicyclic) bond motifs is 1. The molecule has 0 bridgehead atoms. The molecule has 14 heteroatoms. The maximum Gasteiger partial charge on any atom is 0.313 e. The van der Waals surface area contributed by atoms with Crippen molar-refractivity contribution in [1.29, 1.82) is 5.53 Å². The maximum absolute atomic E-state index is 10.9. The van der Waals surface area contributed by atoms with Crippen molar-refractivity contribution in [2.45, 2.75) is 29.7 Å². The van der Waals surface area contributed by atoms with Crippen LogP contribution < -0.4 is 10.6 Å². The second-order valence-electron chi connectivity index (χ2n) is 5.35. The monoisotopic (exact) mass is 383 g/mol. The summed E-state index contributed by atoms with van der Waals surface area (Å²) in [7, 11) is 0. The summed E-state index contributed by atoms with van der Waals surface area (Å²) in [6.45, 7) is -0.125. The van der Waals surface area contributed by atoms with E-state index in [1.54, 1.807) is 0 Å². The molecule has 6 N–H and O–H groups in total. The van der Waals surface area contributed by atoms with Crippen molar-refractivity contribution in [3.05, 3.63) is 6.33 Å². The van der Waals surface area contributed by atoms with Crippen LogP contribution in [0.25, 0.3) is 11.2 Å². The van der Waals surface area contributed by atoms with E-state index in [1.165, 1.54) is 10.9 Å². The molecule has 1 saturated heterocycles. The zero-order valence-electron chi connectivity index (χ0n) is 13.1. The van der Waals surface area contributed by atoms with E-state index in [0.717, 1.165) is 11.8 Å². The summed E-state index contributed by atoms with van der Waals surface area (Å²) < 4.78 is 7.02. The van der Waals surface area contributed by atoms with Gasteiger partial charge in [0.15, 0.2) is 34.9 Å². The Morgan fingerprint density at radius 2 is 2.23 bits per heavy atom. The molecule has 0 spiro atoms. The number of carboxylic acid groups (broad SMARTS) is 1. The lowest BCUT2D eigenvalue weighted by Crippen LogP contribution is -2.33. The summed E-state index contributed by atoms with van der Waals surface area (Å²) in [4.78, 5) is 25.9. The van der Waals surface area contributed by atoms with Crippen LogP contribution in [-0.4, -0.2) is 71.4 Å². The molecule has 3 heterocycles. The van der Waals surface area contributed by atoms with Crippen LogP contribution in [0.3, 0.4) is 0 Å². The van der Waals surface area contributed by atoms with E-state index in [0.29, 0.717) is 0 Å². The van der Waals surface area contributed by atoms with Crippen molar-refractivity contribution >= 4 is 34.7 Å². The average molecular weight is 383 g/mol. The number of nitrogens with two attached hydrogens (primary N) is 1. The number of aromatic nitrogens is 4. The molecule has 1 aliphatic heterocycles. The minimum absolute atomic E-state index is 0.0820. The predicted octanol–water partition coefficient (Wildman–Crippen LogP) is -1.25. The zero-order valence-corrected chi connectivity index (χ0v) is 13.9. The molecular weight excluding hydrogens is 368 g/mol. The number of nitrogens with one attached hydrogen (secondary N) is 1. The minimum Gasteiger partial charge on any atom is -0.481 e. The number of aliphatic carboxylic acids is 1. The molecule has 0 radical (unpaired) electrons. The van der Waals surface area contributed by atoms with Gasteiger partial charge in [-0.25, -0.2) is 15.0 Å².